The smallest absolute Gasteiger partial charge is 0.374 e. The molecule has 14 heteroatoms. The predicted octanol–water partition coefficient (Wildman–Crippen LogP) is 5.39. The zero-order valence-electron chi connectivity index (χ0n) is 22.7. The number of oxazole rings is 1. The number of fused-ring (bicyclic) bond motifs is 2. The summed E-state index contributed by atoms with van der Waals surface area (Å²) < 4.78 is 79.6. The van der Waals surface area contributed by atoms with Crippen molar-refractivity contribution in [3.05, 3.63) is 68.9 Å². The fourth-order valence-corrected chi connectivity index (χ4v) is 5.78. The first-order valence-electron chi connectivity index (χ1n) is 12.8. The van der Waals surface area contributed by atoms with Gasteiger partial charge in [-0.1, -0.05) is 30.1 Å². The van der Waals surface area contributed by atoms with E-state index < -0.39 is 31.7 Å². The number of halogens is 2. The highest BCUT2D eigenvalue weighted by Gasteiger charge is 2.28. The highest BCUT2D eigenvalue weighted by atomic mass is 35.5. The number of ether oxygens (including phenoxy) is 1. The number of hydrogen-bond donors (Lipinski definition) is 1. The van der Waals surface area contributed by atoms with Gasteiger partial charge in [0.1, 0.15) is 0 Å². The SMILES string of the molecule is CCC(=C\c1oc2cc(C)c(Cl)cc2[n+]1CCCS(=O)(=O)[O-])/C=C1/Oc2cc(C)c(Cl)cc2N1CCCS(=O)(=O)O. The second-order valence-corrected chi connectivity index (χ2v) is 13.7. The van der Waals surface area contributed by atoms with E-state index in [1.807, 2.05) is 20.8 Å². The van der Waals surface area contributed by atoms with Gasteiger partial charge in [-0.3, -0.25) is 4.55 Å². The molecule has 10 nitrogen and oxygen atoms in total. The van der Waals surface area contributed by atoms with Gasteiger partial charge in [0.2, 0.25) is 11.5 Å². The average molecular weight is 646 g/mol. The Morgan fingerprint density at radius 1 is 1.05 bits per heavy atom. The van der Waals surface area contributed by atoms with Gasteiger partial charge in [0.05, 0.1) is 32.7 Å². The van der Waals surface area contributed by atoms with E-state index in [1.165, 1.54) is 0 Å². The lowest BCUT2D eigenvalue weighted by Gasteiger charge is -2.18. The minimum absolute atomic E-state index is 0.0834. The molecule has 2 aromatic carbocycles. The van der Waals surface area contributed by atoms with Crippen molar-refractivity contribution >= 4 is 66.3 Å². The maximum atomic E-state index is 11.3. The molecule has 1 N–H and O–H groups in total. The molecule has 0 unspecified atom stereocenters. The zero-order valence-corrected chi connectivity index (χ0v) is 25.8. The van der Waals surface area contributed by atoms with Crippen molar-refractivity contribution < 1.29 is 39.7 Å². The summed E-state index contributed by atoms with van der Waals surface area (Å²) in [6.07, 6.45) is 4.37. The van der Waals surface area contributed by atoms with E-state index in [9.17, 15) is 25.9 Å². The first-order chi connectivity index (χ1) is 19.1. The molecule has 0 bridgehead atoms. The maximum absolute atomic E-state index is 11.3. The summed E-state index contributed by atoms with van der Waals surface area (Å²) in [5.74, 6) is 0.479. The summed E-state index contributed by atoms with van der Waals surface area (Å²) in [5, 5.41) is 1.04. The third-order valence-electron chi connectivity index (χ3n) is 6.61. The number of hydrogen-bond acceptors (Lipinski definition) is 8. The summed E-state index contributed by atoms with van der Waals surface area (Å²) in [6, 6.07) is 7.08. The van der Waals surface area contributed by atoms with Crippen molar-refractivity contribution in [2.24, 2.45) is 0 Å². The summed E-state index contributed by atoms with van der Waals surface area (Å²) >= 11 is 12.7. The van der Waals surface area contributed by atoms with Gasteiger partial charge in [0.25, 0.3) is 15.6 Å². The van der Waals surface area contributed by atoms with Gasteiger partial charge >= 0.3 is 5.89 Å². The van der Waals surface area contributed by atoms with Crippen LogP contribution in [-0.4, -0.2) is 44.0 Å². The first-order valence-corrected chi connectivity index (χ1v) is 16.8. The van der Waals surface area contributed by atoms with Gasteiger partial charge in [-0.15, -0.1) is 0 Å². The van der Waals surface area contributed by atoms with Crippen LogP contribution in [0.25, 0.3) is 17.2 Å². The van der Waals surface area contributed by atoms with E-state index in [2.05, 4.69) is 0 Å². The summed E-state index contributed by atoms with van der Waals surface area (Å²) in [7, 11) is -8.53. The second kappa shape index (κ2) is 12.3. The van der Waals surface area contributed by atoms with Gasteiger partial charge in [0, 0.05) is 35.9 Å². The summed E-state index contributed by atoms with van der Waals surface area (Å²) in [4.78, 5) is 1.80. The Morgan fingerprint density at radius 3 is 2.39 bits per heavy atom. The molecule has 0 fully saturated rings. The quantitative estimate of drug-likeness (QED) is 0.215. The molecule has 222 valence electrons. The molecule has 0 amide bonds. The number of allylic oxidation sites excluding steroid dienone is 2. The van der Waals surface area contributed by atoms with Gasteiger partial charge in [-0.25, -0.2) is 8.42 Å². The molecule has 0 saturated heterocycles. The van der Waals surface area contributed by atoms with Gasteiger partial charge < -0.3 is 18.6 Å². The third-order valence-corrected chi connectivity index (χ3v) is 9.02. The van der Waals surface area contributed by atoms with Crippen LogP contribution in [-0.2, 0) is 26.8 Å². The number of rotatable bonds is 11. The molecule has 1 aliphatic rings. The molecule has 0 radical (unpaired) electrons. The van der Waals surface area contributed by atoms with Gasteiger partial charge in [-0.05, 0) is 61.6 Å². The fourth-order valence-electron chi connectivity index (χ4n) is 4.49. The van der Waals surface area contributed by atoms with E-state index >= 15 is 0 Å². The molecular formula is C27H30Cl2N2O8S2. The number of nitrogens with zero attached hydrogens (tertiary/aromatic N) is 2. The van der Waals surface area contributed by atoms with Crippen LogP contribution >= 0.6 is 23.2 Å². The first kappa shape index (κ1) is 31.3. The number of anilines is 1. The second-order valence-electron chi connectivity index (χ2n) is 9.79. The van der Waals surface area contributed by atoms with Gasteiger partial charge in [-0.2, -0.15) is 13.0 Å². The lowest BCUT2D eigenvalue weighted by atomic mass is 10.1. The highest BCUT2D eigenvalue weighted by Crippen LogP contribution is 2.42. The normalized spacial score (nSPS) is 15.1. The molecule has 41 heavy (non-hydrogen) atoms. The van der Waals surface area contributed by atoms with Crippen LogP contribution < -0.4 is 14.2 Å². The molecular weight excluding hydrogens is 615 g/mol. The molecule has 1 aromatic heterocycles. The lowest BCUT2D eigenvalue weighted by Crippen LogP contribution is -2.36. The Bertz CT molecular complexity index is 1760. The Balaban J connectivity index is 1.75. The molecule has 2 heterocycles. The zero-order chi connectivity index (χ0) is 30.1. The standard InChI is InChI=1S/C27H30Cl2N2O8S2/c1-4-19(13-26-30(7-5-9-40(32,33)34)22-15-20(28)17(2)11-24(22)38-26)14-27-31(8-6-10-41(35,36)37)23-16-21(29)18(3)12-25(23)39-27/h11-16H,4-10H2,1-3H3,(H-,32,33,34,35,36,37). The topological polar surface area (TPSA) is 141 Å². The number of aromatic nitrogens is 1. The van der Waals surface area contributed by atoms with Crippen molar-refractivity contribution in [3.8, 4) is 5.75 Å². The van der Waals surface area contributed by atoms with Crippen molar-refractivity contribution in [2.75, 3.05) is 23.0 Å². The lowest BCUT2D eigenvalue weighted by molar-refractivity contribution is -0.677. The summed E-state index contributed by atoms with van der Waals surface area (Å²) in [6.45, 7) is 6.07. The molecule has 0 saturated carbocycles. The molecule has 4 rings (SSSR count). The monoisotopic (exact) mass is 644 g/mol. The van der Waals surface area contributed by atoms with Crippen molar-refractivity contribution in [1.82, 2.24) is 0 Å². The minimum Gasteiger partial charge on any atom is -0.748 e. The average Bonchev–Trinajstić information content (AvgIpc) is 3.34. The van der Waals surface area contributed by atoms with Crippen LogP contribution in [0.1, 0.15) is 43.2 Å². The van der Waals surface area contributed by atoms with Crippen LogP contribution in [0.4, 0.5) is 5.69 Å². The Kier molecular flexibility index (Phi) is 9.42. The van der Waals surface area contributed by atoms with E-state index in [4.69, 9.17) is 32.4 Å². The molecule has 3 aromatic rings. The van der Waals surface area contributed by atoms with E-state index in [0.29, 0.717) is 50.8 Å². The van der Waals surface area contributed by atoms with Crippen LogP contribution in [0.5, 0.6) is 5.75 Å². The molecule has 0 atom stereocenters. The number of aryl methyl sites for hydroxylation is 3. The van der Waals surface area contributed by atoms with Crippen LogP contribution in [0.3, 0.4) is 0 Å². The maximum Gasteiger partial charge on any atom is 0.374 e. The van der Waals surface area contributed by atoms with Crippen molar-refractivity contribution in [1.29, 1.82) is 0 Å². The van der Waals surface area contributed by atoms with Crippen LogP contribution in [0.2, 0.25) is 10.0 Å². The molecule has 1 aliphatic heterocycles. The Labute approximate surface area is 249 Å². The van der Waals surface area contributed by atoms with Crippen molar-refractivity contribution in [3.63, 3.8) is 0 Å². The molecule has 0 spiro atoms. The summed E-state index contributed by atoms with van der Waals surface area (Å²) in [5.41, 5.74) is 4.27. The highest BCUT2D eigenvalue weighted by molar-refractivity contribution is 7.85. The largest absolute Gasteiger partial charge is 0.748 e. The predicted molar refractivity (Wildman–Crippen MR) is 157 cm³/mol. The van der Waals surface area contributed by atoms with Gasteiger partial charge in [0.15, 0.2) is 12.3 Å². The van der Waals surface area contributed by atoms with E-state index in [0.717, 1.165) is 16.7 Å². The Hall–Kier alpha value is -2.61. The van der Waals surface area contributed by atoms with Crippen molar-refractivity contribution in [2.45, 2.75) is 46.6 Å². The van der Waals surface area contributed by atoms with E-state index in [1.54, 1.807) is 45.9 Å². The number of benzene rings is 2. The van der Waals surface area contributed by atoms with Crippen LogP contribution in [0, 0.1) is 13.8 Å². The third kappa shape index (κ3) is 7.82. The van der Waals surface area contributed by atoms with Crippen LogP contribution in [0.15, 0.2) is 46.2 Å². The minimum atomic E-state index is -4.39. The Morgan fingerprint density at radius 2 is 1.73 bits per heavy atom. The van der Waals surface area contributed by atoms with E-state index in [-0.39, 0.29) is 25.9 Å². The molecule has 0 aliphatic carbocycles. The fraction of sp³-hybridized carbons (Fsp3) is 0.370.